The number of hydrogen-bond acceptors (Lipinski definition) is 7. The van der Waals surface area contributed by atoms with Crippen LogP contribution >= 0.6 is 66.7 Å². The van der Waals surface area contributed by atoms with Gasteiger partial charge in [-0.1, -0.05) is 40.9 Å². The molecule has 2 aliphatic carbocycles. The van der Waals surface area contributed by atoms with E-state index in [2.05, 4.69) is 67.6 Å². The fourth-order valence-electron chi connectivity index (χ4n) is 5.87. The van der Waals surface area contributed by atoms with Gasteiger partial charge in [0.2, 0.25) is 0 Å². The van der Waals surface area contributed by atoms with Crippen LogP contribution in [0.25, 0.3) is 0 Å². The number of aryl methyl sites for hydroxylation is 3. The first kappa shape index (κ1) is 39.7. The van der Waals surface area contributed by atoms with Crippen molar-refractivity contribution in [2.45, 2.75) is 71.5 Å². The molecule has 0 unspecified atom stereocenters. The Balaban J connectivity index is 0.936. The third kappa shape index (κ3) is 12.5. The van der Waals surface area contributed by atoms with Crippen LogP contribution in [0.5, 0.6) is 11.5 Å². The van der Waals surface area contributed by atoms with Crippen molar-refractivity contribution in [3.8, 4) is 11.5 Å². The van der Waals surface area contributed by atoms with Gasteiger partial charge in [-0.15, -0.1) is 0 Å². The van der Waals surface area contributed by atoms with Crippen molar-refractivity contribution in [2.24, 2.45) is 11.8 Å². The van der Waals surface area contributed by atoms with Crippen LogP contribution in [0, 0.1) is 18.8 Å². The number of halogens is 5. The van der Waals surface area contributed by atoms with Gasteiger partial charge in [0, 0.05) is 29.5 Å². The molecule has 53 heavy (non-hydrogen) atoms. The van der Waals surface area contributed by atoms with Crippen molar-refractivity contribution >= 4 is 90.0 Å². The predicted octanol–water partition coefficient (Wildman–Crippen LogP) is 11.9. The summed E-state index contributed by atoms with van der Waals surface area (Å²) in [5.41, 5.74) is 6.75. The number of carbonyl (C=O) groups excluding carboxylic acids is 2. The Hall–Kier alpha value is -2.95. The van der Waals surface area contributed by atoms with E-state index in [0.29, 0.717) is 52.6 Å². The Bertz CT molecular complexity index is 1780. The summed E-state index contributed by atoms with van der Waals surface area (Å²) in [6.45, 7) is 4.62. The molecule has 0 radical (unpaired) electrons. The van der Waals surface area contributed by atoms with Crippen molar-refractivity contribution in [3.63, 3.8) is 0 Å². The lowest BCUT2D eigenvalue weighted by Crippen LogP contribution is -2.13. The molecule has 2 N–H and O–H groups in total. The van der Waals surface area contributed by atoms with Gasteiger partial charge in [-0.25, -0.2) is 0 Å². The minimum absolute atomic E-state index is 0.00758. The standard InChI is InChI=1S/C41H41Br2Cl3N2O5/c1-24-10-29(13-32(11-24)47-20-25-2-3-25)22-52-41-36(45)17-28(18-37(41)46)7-9-39(50)53-38(49)8-6-27-15-34(42)40(35(43)16-27)51-23-30-12-31(44)19-33(14-30)48-21-26-4-5-26/h10-19,25-26,47-48H,2-9,20-23H2,1H3. The highest BCUT2D eigenvalue weighted by Crippen LogP contribution is 2.37. The van der Waals surface area contributed by atoms with Gasteiger partial charge in [-0.3, -0.25) is 9.59 Å². The maximum Gasteiger partial charge on any atom is 0.313 e. The lowest BCUT2D eigenvalue weighted by molar-refractivity contribution is -0.159. The quantitative estimate of drug-likeness (QED) is 0.0760. The molecule has 0 aliphatic heterocycles. The zero-order valence-electron chi connectivity index (χ0n) is 29.3. The summed E-state index contributed by atoms with van der Waals surface area (Å²) >= 11 is 26.6. The molecule has 0 saturated heterocycles. The molecule has 6 rings (SSSR count). The van der Waals surface area contributed by atoms with Crippen LogP contribution in [-0.4, -0.2) is 25.0 Å². The van der Waals surface area contributed by atoms with Gasteiger partial charge in [0.25, 0.3) is 0 Å². The molecule has 12 heteroatoms. The molecule has 0 atom stereocenters. The van der Waals surface area contributed by atoms with Crippen LogP contribution < -0.4 is 20.1 Å². The monoisotopic (exact) mass is 904 g/mol. The highest BCUT2D eigenvalue weighted by Gasteiger charge is 2.22. The lowest BCUT2D eigenvalue weighted by Gasteiger charge is -2.14. The van der Waals surface area contributed by atoms with E-state index in [0.717, 1.165) is 73.1 Å². The van der Waals surface area contributed by atoms with Crippen molar-refractivity contribution in [3.05, 3.63) is 112 Å². The Morgan fingerprint density at radius 3 is 1.68 bits per heavy atom. The number of rotatable bonds is 18. The van der Waals surface area contributed by atoms with Gasteiger partial charge in [0.1, 0.15) is 19.0 Å². The maximum absolute atomic E-state index is 12.6. The zero-order valence-corrected chi connectivity index (χ0v) is 34.8. The first-order valence-corrected chi connectivity index (χ1v) is 20.5. The van der Waals surface area contributed by atoms with Gasteiger partial charge in [0.15, 0.2) is 5.75 Å². The number of nitrogens with one attached hydrogen (secondary N) is 2. The van der Waals surface area contributed by atoms with Gasteiger partial charge in [-0.05, 0) is 172 Å². The second-order valence-corrected chi connectivity index (χ2v) is 16.9. The van der Waals surface area contributed by atoms with Crippen molar-refractivity contribution in [1.29, 1.82) is 0 Å². The van der Waals surface area contributed by atoms with Crippen molar-refractivity contribution in [2.75, 3.05) is 23.7 Å². The van der Waals surface area contributed by atoms with Crippen molar-refractivity contribution < 1.29 is 23.8 Å². The van der Waals surface area contributed by atoms with Crippen LogP contribution in [0.1, 0.15) is 66.3 Å². The molecule has 0 aromatic heterocycles. The molecule has 0 spiro atoms. The zero-order chi connectivity index (χ0) is 37.5. The molecule has 4 aromatic carbocycles. The van der Waals surface area contributed by atoms with E-state index in [9.17, 15) is 9.59 Å². The van der Waals surface area contributed by atoms with E-state index in [-0.39, 0.29) is 12.8 Å². The van der Waals surface area contributed by atoms with E-state index in [1.165, 1.54) is 25.7 Å². The van der Waals surface area contributed by atoms with Crippen molar-refractivity contribution in [1.82, 2.24) is 0 Å². The lowest BCUT2D eigenvalue weighted by atomic mass is 10.1. The average molecular weight is 908 g/mol. The predicted molar refractivity (Wildman–Crippen MR) is 220 cm³/mol. The molecule has 2 fully saturated rings. The van der Waals surface area contributed by atoms with E-state index < -0.39 is 11.9 Å². The number of benzene rings is 4. The van der Waals surface area contributed by atoms with E-state index in [1.807, 2.05) is 30.3 Å². The molecule has 0 amide bonds. The molecule has 2 aliphatic rings. The minimum Gasteiger partial charge on any atom is -0.487 e. The number of hydrogen-bond donors (Lipinski definition) is 2. The first-order chi connectivity index (χ1) is 25.5. The molecule has 0 bridgehead atoms. The number of esters is 2. The van der Waals surface area contributed by atoms with Crippen LogP contribution in [0.4, 0.5) is 11.4 Å². The third-order valence-electron chi connectivity index (χ3n) is 9.02. The van der Waals surface area contributed by atoms with Gasteiger partial charge in [-0.2, -0.15) is 0 Å². The molecule has 4 aromatic rings. The fraction of sp³-hybridized carbons (Fsp3) is 0.366. The summed E-state index contributed by atoms with van der Waals surface area (Å²) in [5.74, 6) is 1.32. The Morgan fingerprint density at radius 1 is 0.642 bits per heavy atom. The molecule has 280 valence electrons. The smallest absolute Gasteiger partial charge is 0.313 e. The minimum atomic E-state index is -0.619. The molecular formula is C41H41Br2Cl3N2O5. The number of carbonyl (C=O) groups is 2. The summed E-state index contributed by atoms with van der Waals surface area (Å²) in [6, 6.07) is 19.4. The summed E-state index contributed by atoms with van der Waals surface area (Å²) in [6.07, 6.45) is 5.83. The summed E-state index contributed by atoms with van der Waals surface area (Å²) in [4.78, 5) is 25.1. The summed E-state index contributed by atoms with van der Waals surface area (Å²) < 4.78 is 18.7. The SMILES string of the molecule is Cc1cc(COc2c(Cl)cc(CCC(=O)OC(=O)CCc3cc(Br)c(OCc4cc(Cl)cc(NCC5CC5)c4)c(Br)c3)cc2Cl)cc(NCC2CC2)c1. The fourth-order valence-corrected chi connectivity index (χ4v) is 8.28. The van der Waals surface area contributed by atoms with Crippen LogP contribution in [0.3, 0.4) is 0 Å². The number of anilines is 2. The van der Waals surface area contributed by atoms with Crippen LogP contribution in [0.2, 0.25) is 15.1 Å². The topological polar surface area (TPSA) is 85.9 Å². The highest BCUT2D eigenvalue weighted by atomic mass is 79.9. The maximum atomic E-state index is 12.6. The van der Waals surface area contributed by atoms with Crippen LogP contribution in [0.15, 0.2) is 69.6 Å². The summed E-state index contributed by atoms with van der Waals surface area (Å²) in [5, 5.41) is 8.31. The Labute approximate surface area is 342 Å². The largest absolute Gasteiger partial charge is 0.487 e. The van der Waals surface area contributed by atoms with E-state index in [4.69, 9.17) is 49.0 Å². The second kappa shape index (κ2) is 18.6. The molecule has 2 saturated carbocycles. The Morgan fingerprint density at radius 2 is 1.13 bits per heavy atom. The normalized spacial score (nSPS) is 13.8. The van der Waals surface area contributed by atoms with Crippen LogP contribution in [-0.2, 0) is 40.4 Å². The summed E-state index contributed by atoms with van der Waals surface area (Å²) in [7, 11) is 0. The third-order valence-corrected chi connectivity index (χ3v) is 11.0. The highest BCUT2D eigenvalue weighted by molar-refractivity contribution is 9.11. The van der Waals surface area contributed by atoms with E-state index in [1.54, 1.807) is 12.1 Å². The molecular weight excluding hydrogens is 867 g/mol. The first-order valence-electron chi connectivity index (χ1n) is 17.8. The van der Waals surface area contributed by atoms with E-state index >= 15 is 0 Å². The number of ether oxygens (including phenoxy) is 3. The molecule has 7 nitrogen and oxygen atoms in total. The Kier molecular flexibility index (Phi) is 13.9. The van der Waals surface area contributed by atoms with Gasteiger partial charge < -0.3 is 24.8 Å². The second-order valence-electron chi connectivity index (χ2n) is 13.9. The van der Waals surface area contributed by atoms with Gasteiger partial charge in [0.05, 0.1) is 31.8 Å². The molecule has 0 heterocycles. The van der Waals surface area contributed by atoms with Gasteiger partial charge >= 0.3 is 11.9 Å². The average Bonchev–Trinajstić information content (AvgIpc) is 4.03.